The lowest BCUT2D eigenvalue weighted by Crippen LogP contribution is -2.41. The Morgan fingerprint density at radius 3 is 2.33 bits per heavy atom. The lowest BCUT2D eigenvalue weighted by Gasteiger charge is -2.33. The summed E-state index contributed by atoms with van der Waals surface area (Å²) in [5, 5.41) is 0. The molecule has 6 nitrogen and oxygen atoms in total. The molecule has 0 bridgehead atoms. The van der Waals surface area contributed by atoms with Crippen LogP contribution in [0.25, 0.3) is 0 Å². The van der Waals surface area contributed by atoms with Gasteiger partial charge in [0.2, 0.25) is 0 Å². The van der Waals surface area contributed by atoms with E-state index in [2.05, 4.69) is 0 Å². The van der Waals surface area contributed by atoms with Gasteiger partial charge in [0.25, 0.3) is 15.9 Å². The molecule has 0 aliphatic heterocycles. The molecule has 0 N–H and O–H groups in total. The smallest absolute Gasteiger partial charge is 0.264 e. The second kappa shape index (κ2) is 9.51. The van der Waals surface area contributed by atoms with Gasteiger partial charge in [-0.2, -0.15) is 0 Å². The summed E-state index contributed by atoms with van der Waals surface area (Å²) in [5.74, 6) is 0.549. The first-order valence-electron chi connectivity index (χ1n) is 10.4. The molecule has 1 fully saturated rings. The van der Waals surface area contributed by atoms with Gasteiger partial charge in [0.05, 0.1) is 17.7 Å². The number of amides is 1. The lowest BCUT2D eigenvalue weighted by atomic mass is 9.93. The van der Waals surface area contributed by atoms with Gasteiger partial charge in [-0.1, -0.05) is 25.3 Å². The van der Waals surface area contributed by atoms with E-state index in [1.165, 1.54) is 29.9 Å². The fourth-order valence-electron chi connectivity index (χ4n) is 4.00. The van der Waals surface area contributed by atoms with E-state index in [-0.39, 0.29) is 16.8 Å². The summed E-state index contributed by atoms with van der Waals surface area (Å²) in [7, 11) is -0.737. The predicted molar refractivity (Wildman–Crippen MR) is 119 cm³/mol. The minimum absolute atomic E-state index is 0.103. The van der Waals surface area contributed by atoms with Crippen LogP contribution in [0.15, 0.2) is 53.4 Å². The van der Waals surface area contributed by atoms with Gasteiger partial charge in [-0.3, -0.25) is 9.10 Å². The van der Waals surface area contributed by atoms with Crippen LogP contribution in [0.4, 0.5) is 5.69 Å². The second-order valence-corrected chi connectivity index (χ2v) is 9.55. The normalized spacial score (nSPS) is 14.9. The summed E-state index contributed by atoms with van der Waals surface area (Å²) in [6.07, 6.45) is 5.51. The molecule has 7 heteroatoms. The maximum absolute atomic E-state index is 13.2. The zero-order valence-corrected chi connectivity index (χ0v) is 18.7. The lowest BCUT2D eigenvalue weighted by molar-refractivity contribution is 0.0647. The number of rotatable bonds is 7. The van der Waals surface area contributed by atoms with Crippen LogP contribution in [0.3, 0.4) is 0 Å². The Balaban J connectivity index is 1.86. The van der Waals surface area contributed by atoms with Crippen LogP contribution >= 0.6 is 0 Å². The van der Waals surface area contributed by atoms with E-state index in [0.717, 1.165) is 25.7 Å². The van der Waals surface area contributed by atoms with Crippen molar-refractivity contribution in [3.63, 3.8) is 0 Å². The summed E-state index contributed by atoms with van der Waals surface area (Å²) < 4.78 is 32.7. The van der Waals surface area contributed by atoms with E-state index < -0.39 is 10.0 Å². The molecule has 0 heterocycles. The van der Waals surface area contributed by atoms with Crippen LogP contribution in [0, 0.1) is 0 Å². The van der Waals surface area contributed by atoms with Crippen molar-refractivity contribution < 1.29 is 17.9 Å². The molecule has 0 spiro atoms. The van der Waals surface area contributed by atoms with E-state index >= 15 is 0 Å². The third-order valence-electron chi connectivity index (χ3n) is 5.79. The predicted octanol–water partition coefficient (Wildman–Crippen LogP) is 4.32. The summed E-state index contributed by atoms with van der Waals surface area (Å²) in [5.41, 5.74) is 0.927. The minimum Gasteiger partial charge on any atom is -0.497 e. The molecule has 1 amide bonds. The molecule has 30 heavy (non-hydrogen) atoms. The molecule has 1 saturated carbocycles. The molecule has 1 aliphatic rings. The fraction of sp³-hybridized carbons (Fsp3) is 0.435. The van der Waals surface area contributed by atoms with Crippen molar-refractivity contribution >= 4 is 21.6 Å². The van der Waals surface area contributed by atoms with Gasteiger partial charge >= 0.3 is 0 Å². The molecule has 1 aliphatic carbocycles. The number of carbonyl (C=O) groups is 1. The zero-order valence-electron chi connectivity index (χ0n) is 17.9. The van der Waals surface area contributed by atoms with Gasteiger partial charge in [0.15, 0.2) is 0 Å². The van der Waals surface area contributed by atoms with Crippen molar-refractivity contribution in [1.29, 1.82) is 0 Å². The highest BCUT2D eigenvalue weighted by Crippen LogP contribution is 2.27. The first-order chi connectivity index (χ1) is 14.4. The Morgan fingerprint density at radius 1 is 1.07 bits per heavy atom. The van der Waals surface area contributed by atoms with Gasteiger partial charge < -0.3 is 9.64 Å². The van der Waals surface area contributed by atoms with Gasteiger partial charge in [-0.25, -0.2) is 8.42 Å². The molecular weight excluding hydrogens is 400 g/mol. The first-order valence-corrected chi connectivity index (χ1v) is 11.9. The summed E-state index contributed by atoms with van der Waals surface area (Å²) in [4.78, 5) is 15.2. The monoisotopic (exact) mass is 430 g/mol. The molecule has 3 rings (SSSR count). The van der Waals surface area contributed by atoms with E-state index in [4.69, 9.17) is 4.74 Å². The largest absolute Gasteiger partial charge is 0.497 e. The number of ether oxygens (including phenoxy) is 1. The maximum atomic E-state index is 13.2. The SMILES string of the molecule is CCN(C(=O)c1cccc(S(=O)(=O)N(C)c2ccc(OC)cc2)c1)C1CCCCC1. The van der Waals surface area contributed by atoms with E-state index in [9.17, 15) is 13.2 Å². The molecule has 0 saturated heterocycles. The van der Waals surface area contributed by atoms with Gasteiger partial charge in [0, 0.05) is 25.2 Å². The second-order valence-electron chi connectivity index (χ2n) is 7.58. The number of hydrogen-bond donors (Lipinski definition) is 0. The molecule has 0 aromatic heterocycles. The van der Waals surface area contributed by atoms with Crippen LogP contribution in [0.2, 0.25) is 0 Å². The van der Waals surface area contributed by atoms with Crippen LogP contribution in [-0.2, 0) is 10.0 Å². The van der Waals surface area contributed by atoms with Gasteiger partial charge in [0.1, 0.15) is 5.75 Å². The molecule has 2 aromatic rings. The van der Waals surface area contributed by atoms with E-state index in [1.54, 1.807) is 43.5 Å². The van der Waals surface area contributed by atoms with Crippen LogP contribution in [0.5, 0.6) is 5.75 Å². The minimum atomic E-state index is -3.80. The highest BCUT2D eigenvalue weighted by Gasteiger charge is 2.27. The number of anilines is 1. The van der Waals surface area contributed by atoms with Crippen molar-refractivity contribution in [3.05, 3.63) is 54.1 Å². The molecular formula is C23H30N2O4S. The fourth-order valence-corrected chi connectivity index (χ4v) is 5.25. The number of hydrogen-bond acceptors (Lipinski definition) is 4. The van der Waals surface area contributed by atoms with Crippen molar-refractivity contribution in [2.24, 2.45) is 0 Å². The zero-order chi connectivity index (χ0) is 21.7. The Labute approximate surface area is 179 Å². The Hall–Kier alpha value is -2.54. The quantitative estimate of drug-likeness (QED) is 0.656. The third-order valence-corrected chi connectivity index (χ3v) is 7.57. The number of sulfonamides is 1. The first kappa shape index (κ1) is 22.2. The number of carbonyl (C=O) groups excluding carboxylic acids is 1. The average Bonchev–Trinajstić information content (AvgIpc) is 2.80. The number of nitrogens with zero attached hydrogens (tertiary/aromatic N) is 2. The topological polar surface area (TPSA) is 66.9 Å². The summed E-state index contributed by atoms with van der Waals surface area (Å²) >= 11 is 0. The van der Waals surface area contributed by atoms with Crippen molar-refractivity contribution in [2.75, 3.05) is 25.0 Å². The van der Waals surface area contributed by atoms with E-state index in [0.29, 0.717) is 23.5 Å². The molecule has 0 unspecified atom stereocenters. The van der Waals surface area contributed by atoms with Crippen molar-refractivity contribution in [1.82, 2.24) is 4.90 Å². The standard InChI is InChI=1S/C23H30N2O4S/c1-4-25(20-10-6-5-7-11-20)23(26)18-9-8-12-22(17-18)30(27,28)24(2)19-13-15-21(29-3)16-14-19/h8-9,12-17,20H,4-7,10-11H2,1-3H3. The molecule has 0 radical (unpaired) electrons. The Kier molecular flexibility index (Phi) is 7.02. The highest BCUT2D eigenvalue weighted by atomic mass is 32.2. The van der Waals surface area contributed by atoms with E-state index in [1.807, 2.05) is 11.8 Å². The van der Waals surface area contributed by atoms with Gasteiger partial charge in [-0.15, -0.1) is 0 Å². The summed E-state index contributed by atoms with van der Waals surface area (Å²) in [6.45, 7) is 2.59. The van der Waals surface area contributed by atoms with Crippen LogP contribution < -0.4 is 9.04 Å². The number of methoxy groups -OCH3 is 1. The van der Waals surface area contributed by atoms with Crippen molar-refractivity contribution in [3.8, 4) is 5.75 Å². The van der Waals surface area contributed by atoms with Crippen LogP contribution in [0.1, 0.15) is 49.4 Å². The maximum Gasteiger partial charge on any atom is 0.264 e. The average molecular weight is 431 g/mol. The van der Waals surface area contributed by atoms with Crippen LogP contribution in [-0.4, -0.2) is 46.0 Å². The molecule has 2 aromatic carbocycles. The Bertz CT molecular complexity index is 967. The highest BCUT2D eigenvalue weighted by molar-refractivity contribution is 7.92. The van der Waals surface area contributed by atoms with Crippen molar-refractivity contribution in [2.45, 2.75) is 50.0 Å². The number of benzene rings is 2. The third kappa shape index (κ3) is 4.61. The molecule has 0 atom stereocenters. The molecule has 162 valence electrons. The Morgan fingerprint density at radius 2 is 1.73 bits per heavy atom. The summed E-state index contributed by atoms with van der Waals surface area (Å²) in [6, 6.07) is 13.4. The van der Waals surface area contributed by atoms with Gasteiger partial charge in [-0.05, 0) is 62.2 Å².